The standard InChI is InChI=1S/C25H26N4O3S/c1-17-26-16-23(32-17)21-7-6-19(14-22(21)31-2)28-9-11-29(12-10-28)25(30)27-15-18-4-3-5-24-20(18)8-13-33-24/h3-8,13-14,16H,9-12,15H2,1-2H3,(H,27,30). The number of amides is 2. The number of carbonyl (C=O) groups excluding carboxylic acids is 1. The molecule has 2 amide bonds. The first-order valence-electron chi connectivity index (χ1n) is 11.0. The Bertz CT molecular complexity index is 1270. The average molecular weight is 463 g/mol. The number of benzene rings is 2. The van der Waals surface area contributed by atoms with Crippen molar-refractivity contribution in [2.45, 2.75) is 13.5 Å². The molecule has 1 saturated heterocycles. The number of piperazine rings is 1. The van der Waals surface area contributed by atoms with Crippen molar-refractivity contribution in [2.75, 3.05) is 38.2 Å². The van der Waals surface area contributed by atoms with Gasteiger partial charge in [-0.25, -0.2) is 9.78 Å². The van der Waals surface area contributed by atoms with E-state index in [9.17, 15) is 4.79 Å². The highest BCUT2D eigenvalue weighted by atomic mass is 32.1. The van der Waals surface area contributed by atoms with Crippen LogP contribution in [-0.4, -0.2) is 49.2 Å². The highest BCUT2D eigenvalue weighted by molar-refractivity contribution is 7.17. The highest BCUT2D eigenvalue weighted by Crippen LogP contribution is 2.34. The molecule has 33 heavy (non-hydrogen) atoms. The summed E-state index contributed by atoms with van der Waals surface area (Å²) < 4.78 is 12.5. The van der Waals surface area contributed by atoms with E-state index < -0.39 is 0 Å². The molecule has 3 heterocycles. The number of carbonyl (C=O) groups is 1. The van der Waals surface area contributed by atoms with Crippen molar-refractivity contribution in [3.63, 3.8) is 0 Å². The monoisotopic (exact) mass is 462 g/mol. The number of nitrogens with one attached hydrogen (secondary N) is 1. The molecule has 0 unspecified atom stereocenters. The minimum atomic E-state index is -0.0181. The van der Waals surface area contributed by atoms with Crippen LogP contribution in [0.2, 0.25) is 0 Å². The van der Waals surface area contributed by atoms with Crippen LogP contribution in [0.1, 0.15) is 11.5 Å². The molecule has 4 aromatic rings. The third-order valence-electron chi connectivity index (χ3n) is 6.02. The fraction of sp³-hybridized carbons (Fsp3) is 0.280. The number of hydrogen-bond donors (Lipinski definition) is 1. The number of nitrogens with zero attached hydrogens (tertiary/aromatic N) is 3. The Morgan fingerprint density at radius 1 is 1.18 bits per heavy atom. The second-order valence-corrected chi connectivity index (χ2v) is 8.96. The number of anilines is 1. The van der Waals surface area contributed by atoms with Gasteiger partial charge in [0.05, 0.1) is 18.9 Å². The van der Waals surface area contributed by atoms with Crippen LogP contribution >= 0.6 is 11.3 Å². The minimum absolute atomic E-state index is 0.0181. The number of aromatic nitrogens is 1. The minimum Gasteiger partial charge on any atom is -0.496 e. The number of thiophene rings is 1. The molecule has 1 aliphatic heterocycles. The summed E-state index contributed by atoms with van der Waals surface area (Å²) in [7, 11) is 1.66. The lowest BCUT2D eigenvalue weighted by atomic mass is 10.1. The van der Waals surface area contributed by atoms with Crippen molar-refractivity contribution < 1.29 is 13.9 Å². The molecular weight excluding hydrogens is 436 g/mol. The molecule has 1 fully saturated rings. The van der Waals surface area contributed by atoms with Crippen LogP contribution in [0.4, 0.5) is 10.5 Å². The number of ether oxygens (including phenoxy) is 1. The number of hydrogen-bond acceptors (Lipinski definition) is 6. The van der Waals surface area contributed by atoms with Gasteiger partial charge in [0.25, 0.3) is 0 Å². The predicted octanol–water partition coefficient (Wildman–Crippen LogP) is 4.91. The zero-order valence-corrected chi connectivity index (χ0v) is 19.5. The molecule has 0 radical (unpaired) electrons. The van der Waals surface area contributed by atoms with Gasteiger partial charge < -0.3 is 24.3 Å². The number of rotatable bonds is 5. The predicted molar refractivity (Wildman–Crippen MR) is 131 cm³/mol. The lowest BCUT2D eigenvalue weighted by Gasteiger charge is -2.36. The topological polar surface area (TPSA) is 70.8 Å². The average Bonchev–Trinajstić information content (AvgIpc) is 3.51. The second kappa shape index (κ2) is 9.15. The molecule has 0 spiro atoms. The molecule has 0 atom stereocenters. The Kier molecular flexibility index (Phi) is 5.92. The maximum absolute atomic E-state index is 12.8. The quantitative estimate of drug-likeness (QED) is 0.457. The molecule has 8 heteroatoms. The van der Waals surface area contributed by atoms with Gasteiger partial charge in [0, 0.05) is 56.1 Å². The third-order valence-corrected chi connectivity index (χ3v) is 6.90. The van der Waals surface area contributed by atoms with E-state index in [4.69, 9.17) is 9.15 Å². The van der Waals surface area contributed by atoms with Crippen LogP contribution in [0, 0.1) is 6.92 Å². The van der Waals surface area contributed by atoms with Crippen molar-refractivity contribution in [2.24, 2.45) is 0 Å². The van der Waals surface area contributed by atoms with Crippen LogP contribution in [0.5, 0.6) is 5.75 Å². The van der Waals surface area contributed by atoms with Gasteiger partial charge in [-0.2, -0.15) is 0 Å². The Morgan fingerprint density at radius 3 is 2.79 bits per heavy atom. The Hall–Kier alpha value is -3.52. The number of oxazole rings is 1. The zero-order valence-electron chi connectivity index (χ0n) is 18.7. The van der Waals surface area contributed by atoms with Gasteiger partial charge >= 0.3 is 6.03 Å². The molecule has 1 aliphatic rings. The highest BCUT2D eigenvalue weighted by Gasteiger charge is 2.22. The number of methoxy groups -OCH3 is 1. The molecule has 7 nitrogen and oxygen atoms in total. The van der Waals surface area contributed by atoms with Crippen molar-refractivity contribution in [1.82, 2.24) is 15.2 Å². The number of urea groups is 1. The lowest BCUT2D eigenvalue weighted by molar-refractivity contribution is 0.194. The molecule has 5 rings (SSSR count). The largest absolute Gasteiger partial charge is 0.496 e. The van der Waals surface area contributed by atoms with Crippen molar-refractivity contribution in [1.29, 1.82) is 0 Å². The maximum Gasteiger partial charge on any atom is 0.317 e. The van der Waals surface area contributed by atoms with E-state index in [0.717, 1.165) is 35.7 Å². The first-order chi connectivity index (χ1) is 16.1. The van der Waals surface area contributed by atoms with Crippen molar-refractivity contribution >= 4 is 33.1 Å². The van der Waals surface area contributed by atoms with E-state index in [1.54, 1.807) is 24.6 Å². The smallest absolute Gasteiger partial charge is 0.317 e. The Morgan fingerprint density at radius 2 is 2.03 bits per heavy atom. The normalized spacial score (nSPS) is 14.0. The van der Waals surface area contributed by atoms with E-state index in [0.29, 0.717) is 31.3 Å². The van der Waals surface area contributed by atoms with Gasteiger partial charge in [-0.05, 0) is 40.6 Å². The first kappa shape index (κ1) is 21.3. The van der Waals surface area contributed by atoms with Gasteiger partial charge in [-0.15, -0.1) is 11.3 Å². The summed E-state index contributed by atoms with van der Waals surface area (Å²) in [5.41, 5.74) is 3.09. The summed E-state index contributed by atoms with van der Waals surface area (Å²) in [6, 6.07) is 14.4. The van der Waals surface area contributed by atoms with Crippen LogP contribution < -0.4 is 15.0 Å². The van der Waals surface area contributed by atoms with Gasteiger partial charge in [-0.3, -0.25) is 0 Å². The SMILES string of the molecule is COc1cc(N2CCN(C(=O)NCc3cccc4sccc34)CC2)ccc1-c1cnc(C)o1. The third kappa shape index (κ3) is 4.39. The van der Waals surface area contributed by atoms with E-state index in [1.807, 2.05) is 30.0 Å². The molecule has 0 saturated carbocycles. The number of fused-ring (bicyclic) bond motifs is 1. The van der Waals surface area contributed by atoms with Gasteiger partial charge in [0.1, 0.15) is 5.75 Å². The van der Waals surface area contributed by atoms with Crippen molar-refractivity contribution in [3.8, 4) is 17.1 Å². The fourth-order valence-electron chi connectivity index (χ4n) is 4.23. The summed E-state index contributed by atoms with van der Waals surface area (Å²) in [4.78, 5) is 21.1. The summed E-state index contributed by atoms with van der Waals surface area (Å²) >= 11 is 1.72. The summed E-state index contributed by atoms with van der Waals surface area (Å²) in [5.74, 6) is 2.06. The molecule has 0 bridgehead atoms. The van der Waals surface area contributed by atoms with Crippen molar-refractivity contribution in [3.05, 3.63) is 65.5 Å². The molecule has 0 aliphatic carbocycles. The summed E-state index contributed by atoms with van der Waals surface area (Å²) in [5, 5.41) is 6.39. The fourth-order valence-corrected chi connectivity index (χ4v) is 5.06. The molecule has 2 aromatic carbocycles. The lowest BCUT2D eigenvalue weighted by Crippen LogP contribution is -2.51. The summed E-state index contributed by atoms with van der Waals surface area (Å²) in [6.07, 6.45) is 1.71. The molecule has 2 aromatic heterocycles. The zero-order chi connectivity index (χ0) is 22.8. The van der Waals surface area contributed by atoms with E-state index in [-0.39, 0.29) is 6.03 Å². The maximum atomic E-state index is 12.8. The molecule has 1 N–H and O–H groups in total. The van der Waals surface area contributed by atoms with Gasteiger partial charge in [0.15, 0.2) is 11.7 Å². The van der Waals surface area contributed by atoms with Crippen LogP contribution in [0.25, 0.3) is 21.4 Å². The van der Waals surface area contributed by atoms with E-state index in [1.165, 1.54) is 10.1 Å². The van der Waals surface area contributed by atoms with Crippen LogP contribution in [-0.2, 0) is 6.54 Å². The summed E-state index contributed by atoms with van der Waals surface area (Å²) in [6.45, 7) is 5.21. The van der Waals surface area contributed by atoms with Crippen LogP contribution in [0.3, 0.4) is 0 Å². The Balaban J connectivity index is 1.20. The molecule has 170 valence electrons. The van der Waals surface area contributed by atoms with Gasteiger partial charge in [-0.1, -0.05) is 12.1 Å². The van der Waals surface area contributed by atoms with Gasteiger partial charge in [0.2, 0.25) is 0 Å². The Labute approximate surface area is 196 Å². The number of aryl methyl sites for hydroxylation is 1. The van der Waals surface area contributed by atoms with E-state index in [2.05, 4.69) is 44.8 Å². The van der Waals surface area contributed by atoms with Crippen LogP contribution in [0.15, 0.2) is 58.5 Å². The van der Waals surface area contributed by atoms with E-state index >= 15 is 0 Å². The molecular formula is C25H26N4O3S. The first-order valence-corrected chi connectivity index (χ1v) is 11.8. The second-order valence-electron chi connectivity index (χ2n) is 8.01.